The van der Waals surface area contributed by atoms with E-state index in [0.29, 0.717) is 28.1 Å². The Bertz CT molecular complexity index is 549. The fraction of sp³-hybridized carbons (Fsp3) is 0.438. The predicted octanol–water partition coefficient (Wildman–Crippen LogP) is 5.33. The summed E-state index contributed by atoms with van der Waals surface area (Å²) in [5.74, 6) is 0.788. The van der Waals surface area contributed by atoms with Gasteiger partial charge in [0.05, 0.1) is 6.42 Å². The number of carbonyl (C=O) groups excluding carboxylic acids is 1. The number of carbonyl (C=O) groups is 1. The highest BCUT2D eigenvalue weighted by molar-refractivity contribution is 6.36. The average Bonchev–Trinajstić information content (AvgIpc) is 2.86. The highest BCUT2D eigenvalue weighted by Gasteiger charge is 2.23. The smallest absolute Gasteiger partial charge is 0.315 e. The summed E-state index contributed by atoms with van der Waals surface area (Å²) in [4.78, 5) is 11.2. The van der Waals surface area contributed by atoms with Crippen LogP contribution in [0.1, 0.15) is 55.6 Å². The van der Waals surface area contributed by atoms with Crippen LogP contribution < -0.4 is 0 Å². The summed E-state index contributed by atoms with van der Waals surface area (Å²) in [7, 11) is 0. The fourth-order valence-electron chi connectivity index (χ4n) is 3.07. The summed E-state index contributed by atoms with van der Waals surface area (Å²) in [5.41, 5.74) is 1.84. The van der Waals surface area contributed by atoms with Gasteiger partial charge in [0.25, 0.3) is 0 Å². The Morgan fingerprint density at radius 1 is 1.05 bits per heavy atom. The maximum absolute atomic E-state index is 11.2. The topological polar surface area (TPSA) is 26.3 Å². The Hall–Kier alpha value is -0.990. The molecule has 0 bridgehead atoms. The zero-order valence-corrected chi connectivity index (χ0v) is 12.6. The second-order valence-electron chi connectivity index (χ2n) is 5.44. The van der Waals surface area contributed by atoms with Gasteiger partial charge in [0.15, 0.2) is 0 Å². The first-order valence-electron chi connectivity index (χ1n) is 7.05. The van der Waals surface area contributed by atoms with E-state index in [1.807, 2.05) is 12.1 Å². The van der Waals surface area contributed by atoms with Gasteiger partial charge < -0.3 is 4.74 Å². The predicted molar refractivity (Wildman–Crippen MR) is 81.0 cm³/mol. The van der Waals surface area contributed by atoms with Crippen LogP contribution >= 0.6 is 23.2 Å². The van der Waals surface area contributed by atoms with Crippen LogP contribution in [0.4, 0.5) is 0 Å². The summed E-state index contributed by atoms with van der Waals surface area (Å²) in [6.07, 6.45) is 8.16. The minimum absolute atomic E-state index is 0.233. The van der Waals surface area contributed by atoms with Gasteiger partial charge in [-0.15, -0.1) is 0 Å². The molecule has 3 rings (SSSR count). The Kier molecular flexibility index (Phi) is 4.04. The van der Waals surface area contributed by atoms with E-state index < -0.39 is 0 Å². The fourth-order valence-corrected chi connectivity index (χ4v) is 3.86. The van der Waals surface area contributed by atoms with Crippen molar-refractivity contribution < 1.29 is 9.53 Å². The van der Waals surface area contributed by atoms with E-state index in [0.717, 1.165) is 24.0 Å². The molecule has 0 unspecified atom stereocenters. The Balaban J connectivity index is 1.92. The van der Waals surface area contributed by atoms with E-state index in [1.54, 1.807) is 6.08 Å². The number of rotatable bonds is 2. The standard InChI is InChI=1S/C16H16Cl2O2/c17-12-8-11(14-6-7-15(19)20-14)9-13(18)16(12)10-4-2-1-3-5-10/h6,8-10H,1-5,7H2. The molecule has 2 nitrogen and oxygen atoms in total. The van der Waals surface area contributed by atoms with Gasteiger partial charge in [-0.3, -0.25) is 4.79 Å². The molecule has 1 aliphatic carbocycles. The van der Waals surface area contributed by atoms with Crippen molar-refractivity contribution in [2.24, 2.45) is 0 Å². The van der Waals surface area contributed by atoms with Gasteiger partial charge in [0.1, 0.15) is 5.76 Å². The molecule has 0 radical (unpaired) electrons. The molecule has 2 aliphatic rings. The molecule has 1 fully saturated rings. The summed E-state index contributed by atoms with van der Waals surface area (Å²) in [5, 5.41) is 1.37. The lowest BCUT2D eigenvalue weighted by Gasteiger charge is -2.24. The largest absolute Gasteiger partial charge is 0.426 e. The molecule has 0 atom stereocenters. The molecule has 1 saturated carbocycles. The molecule has 20 heavy (non-hydrogen) atoms. The molecule has 1 aromatic carbocycles. The molecule has 4 heteroatoms. The summed E-state index contributed by atoms with van der Waals surface area (Å²) < 4.78 is 5.15. The van der Waals surface area contributed by atoms with Crippen molar-refractivity contribution >= 4 is 34.9 Å². The molecule has 0 aromatic heterocycles. The Morgan fingerprint density at radius 2 is 1.70 bits per heavy atom. The Morgan fingerprint density at radius 3 is 2.25 bits per heavy atom. The van der Waals surface area contributed by atoms with Crippen molar-refractivity contribution in [2.75, 3.05) is 0 Å². The number of esters is 1. The minimum atomic E-state index is -0.233. The van der Waals surface area contributed by atoms with Crippen LogP contribution in [0.5, 0.6) is 0 Å². The first kappa shape index (κ1) is 14.0. The zero-order chi connectivity index (χ0) is 14.1. The quantitative estimate of drug-likeness (QED) is 0.690. The van der Waals surface area contributed by atoms with Crippen molar-refractivity contribution in [1.82, 2.24) is 0 Å². The van der Waals surface area contributed by atoms with Crippen molar-refractivity contribution in [1.29, 1.82) is 0 Å². The van der Waals surface area contributed by atoms with Gasteiger partial charge in [-0.05, 0) is 42.5 Å². The molecule has 0 spiro atoms. The number of cyclic esters (lactones) is 1. The van der Waals surface area contributed by atoms with Crippen LogP contribution in [0.2, 0.25) is 10.0 Å². The number of hydrogen-bond donors (Lipinski definition) is 0. The highest BCUT2D eigenvalue weighted by atomic mass is 35.5. The average molecular weight is 311 g/mol. The lowest BCUT2D eigenvalue weighted by Crippen LogP contribution is -2.06. The van der Waals surface area contributed by atoms with Crippen LogP contribution in [0.3, 0.4) is 0 Å². The van der Waals surface area contributed by atoms with Gasteiger partial charge in [-0.2, -0.15) is 0 Å². The van der Waals surface area contributed by atoms with E-state index in [-0.39, 0.29) is 5.97 Å². The van der Waals surface area contributed by atoms with Crippen LogP contribution in [-0.2, 0) is 9.53 Å². The van der Waals surface area contributed by atoms with Gasteiger partial charge in [0.2, 0.25) is 0 Å². The molecular weight excluding hydrogens is 295 g/mol. The first-order chi connectivity index (χ1) is 9.65. The lowest BCUT2D eigenvalue weighted by molar-refractivity contribution is -0.134. The third-order valence-electron chi connectivity index (χ3n) is 4.05. The first-order valence-corrected chi connectivity index (χ1v) is 7.81. The van der Waals surface area contributed by atoms with Crippen molar-refractivity contribution in [2.45, 2.75) is 44.4 Å². The van der Waals surface area contributed by atoms with Crippen LogP contribution in [-0.4, -0.2) is 5.97 Å². The van der Waals surface area contributed by atoms with E-state index in [1.165, 1.54) is 19.3 Å². The molecule has 0 N–H and O–H groups in total. The molecule has 106 valence electrons. The molecule has 1 aliphatic heterocycles. The zero-order valence-electron chi connectivity index (χ0n) is 11.1. The van der Waals surface area contributed by atoms with E-state index in [2.05, 4.69) is 0 Å². The lowest BCUT2D eigenvalue weighted by atomic mass is 9.83. The number of benzene rings is 1. The van der Waals surface area contributed by atoms with Gasteiger partial charge in [-0.25, -0.2) is 0 Å². The second-order valence-corrected chi connectivity index (χ2v) is 6.25. The van der Waals surface area contributed by atoms with Crippen molar-refractivity contribution in [3.05, 3.63) is 39.4 Å². The highest BCUT2D eigenvalue weighted by Crippen LogP contribution is 2.42. The normalized spacial score (nSPS) is 19.9. The van der Waals surface area contributed by atoms with Gasteiger partial charge in [0, 0.05) is 15.6 Å². The van der Waals surface area contributed by atoms with E-state index in [4.69, 9.17) is 27.9 Å². The van der Waals surface area contributed by atoms with Crippen LogP contribution in [0, 0.1) is 0 Å². The minimum Gasteiger partial charge on any atom is -0.426 e. The van der Waals surface area contributed by atoms with Crippen molar-refractivity contribution in [3.8, 4) is 0 Å². The van der Waals surface area contributed by atoms with Crippen LogP contribution in [0.25, 0.3) is 5.76 Å². The number of hydrogen-bond acceptors (Lipinski definition) is 2. The molecule has 1 aromatic rings. The summed E-state index contributed by atoms with van der Waals surface area (Å²) >= 11 is 12.9. The number of halogens is 2. The summed E-state index contributed by atoms with van der Waals surface area (Å²) in [6, 6.07) is 3.73. The van der Waals surface area contributed by atoms with E-state index in [9.17, 15) is 4.79 Å². The second kappa shape index (κ2) is 5.79. The molecule has 0 saturated heterocycles. The molecular formula is C16H16Cl2O2. The SMILES string of the molecule is O=C1CC=C(c2cc(Cl)c(C3CCCCC3)c(Cl)c2)O1. The molecule has 1 heterocycles. The van der Waals surface area contributed by atoms with E-state index >= 15 is 0 Å². The third-order valence-corrected chi connectivity index (χ3v) is 4.68. The number of ether oxygens (including phenoxy) is 1. The maximum Gasteiger partial charge on any atom is 0.315 e. The van der Waals surface area contributed by atoms with Gasteiger partial charge in [-0.1, -0.05) is 42.5 Å². The Labute approximate surface area is 128 Å². The molecule has 0 amide bonds. The summed E-state index contributed by atoms with van der Waals surface area (Å²) in [6.45, 7) is 0. The maximum atomic E-state index is 11.2. The monoisotopic (exact) mass is 310 g/mol. The third kappa shape index (κ3) is 2.72. The van der Waals surface area contributed by atoms with Crippen molar-refractivity contribution in [3.63, 3.8) is 0 Å². The van der Waals surface area contributed by atoms with Gasteiger partial charge >= 0.3 is 5.97 Å². The van der Waals surface area contributed by atoms with Crippen LogP contribution in [0.15, 0.2) is 18.2 Å².